The molecule has 20 heavy (non-hydrogen) atoms. The van der Waals surface area contributed by atoms with Crippen LogP contribution in [0.3, 0.4) is 0 Å². The molecule has 2 rings (SSSR count). The highest BCUT2D eigenvalue weighted by molar-refractivity contribution is 6.42. The van der Waals surface area contributed by atoms with Crippen LogP contribution >= 0.6 is 23.2 Å². The van der Waals surface area contributed by atoms with Crippen molar-refractivity contribution in [3.8, 4) is 0 Å². The maximum absolute atomic E-state index is 13.2. The number of halogens is 3. The van der Waals surface area contributed by atoms with Gasteiger partial charge in [-0.25, -0.2) is 4.39 Å². The van der Waals surface area contributed by atoms with E-state index in [1.165, 1.54) is 6.07 Å². The summed E-state index contributed by atoms with van der Waals surface area (Å²) < 4.78 is 13.2. The van der Waals surface area contributed by atoms with E-state index in [9.17, 15) is 4.39 Å². The van der Waals surface area contributed by atoms with Crippen molar-refractivity contribution < 1.29 is 4.39 Å². The number of aryl methyl sites for hydroxylation is 1. The van der Waals surface area contributed by atoms with E-state index in [-0.39, 0.29) is 11.9 Å². The summed E-state index contributed by atoms with van der Waals surface area (Å²) in [7, 11) is 1.88. The molecule has 0 saturated heterocycles. The molecule has 0 heterocycles. The van der Waals surface area contributed by atoms with Crippen LogP contribution in [0.15, 0.2) is 36.4 Å². The first-order chi connectivity index (χ1) is 9.52. The van der Waals surface area contributed by atoms with Crippen LogP contribution in [0.5, 0.6) is 0 Å². The summed E-state index contributed by atoms with van der Waals surface area (Å²) in [6, 6.07) is 10.5. The van der Waals surface area contributed by atoms with Crippen molar-refractivity contribution in [2.75, 3.05) is 7.05 Å². The van der Waals surface area contributed by atoms with Crippen LogP contribution in [0.25, 0.3) is 0 Å². The van der Waals surface area contributed by atoms with Crippen molar-refractivity contribution in [2.45, 2.75) is 19.4 Å². The highest BCUT2D eigenvalue weighted by Gasteiger charge is 2.15. The normalized spacial score (nSPS) is 12.4. The SMILES string of the molecule is CNC(Cc1cccc(Cl)c1Cl)c1ccc(F)cc1C. The third-order valence-corrected chi connectivity index (χ3v) is 4.27. The number of hydrogen-bond donors (Lipinski definition) is 1. The molecule has 0 radical (unpaired) electrons. The highest BCUT2D eigenvalue weighted by Crippen LogP contribution is 2.30. The molecule has 1 atom stereocenters. The van der Waals surface area contributed by atoms with Gasteiger partial charge in [-0.05, 0) is 55.3 Å². The average Bonchev–Trinajstić information content (AvgIpc) is 2.41. The van der Waals surface area contributed by atoms with Gasteiger partial charge in [0.25, 0.3) is 0 Å². The van der Waals surface area contributed by atoms with Crippen molar-refractivity contribution >= 4 is 23.2 Å². The van der Waals surface area contributed by atoms with E-state index < -0.39 is 0 Å². The van der Waals surface area contributed by atoms with Crippen molar-refractivity contribution in [3.63, 3.8) is 0 Å². The Morgan fingerprint density at radius 3 is 2.60 bits per heavy atom. The first kappa shape index (κ1) is 15.3. The van der Waals surface area contributed by atoms with Gasteiger partial charge in [-0.1, -0.05) is 41.4 Å². The van der Waals surface area contributed by atoms with E-state index in [1.54, 1.807) is 12.1 Å². The Kier molecular flexibility index (Phi) is 5.03. The van der Waals surface area contributed by atoms with E-state index in [4.69, 9.17) is 23.2 Å². The first-order valence-corrected chi connectivity index (χ1v) is 7.14. The lowest BCUT2D eigenvalue weighted by Gasteiger charge is -2.20. The summed E-state index contributed by atoms with van der Waals surface area (Å²) >= 11 is 12.3. The number of rotatable bonds is 4. The van der Waals surface area contributed by atoms with E-state index >= 15 is 0 Å². The van der Waals surface area contributed by atoms with E-state index in [1.807, 2.05) is 32.2 Å². The fourth-order valence-electron chi connectivity index (χ4n) is 2.32. The summed E-state index contributed by atoms with van der Waals surface area (Å²) in [5.74, 6) is -0.220. The van der Waals surface area contributed by atoms with Crippen LogP contribution < -0.4 is 5.32 Å². The van der Waals surface area contributed by atoms with Crippen molar-refractivity contribution in [3.05, 3.63) is 69.0 Å². The van der Waals surface area contributed by atoms with Gasteiger partial charge < -0.3 is 5.32 Å². The van der Waals surface area contributed by atoms with Crippen LogP contribution in [0.2, 0.25) is 10.0 Å². The van der Waals surface area contributed by atoms with Crippen LogP contribution in [-0.4, -0.2) is 7.05 Å². The fraction of sp³-hybridized carbons (Fsp3) is 0.250. The second-order valence-electron chi connectivity index (χ2n) is 4.76. The van der Waals surface area contributed by atoms with Crippen LogP contribution in [0.4, 0.5) is 4.39 Å². The summed E-state index contributed by atoms with van der Waals surface area (Å²) in [5, 5.41) is 4.38. The minimum atomic E-state index is -0.220. The molecule has 0 bridgehead atoms. The maximum atomic E-state index is 13.2. The Morgan fingerprint density at radius 2 is 1.95 bits per heavy atom. The molecule has 2 aromatic carbocycles. The van der Waals surface area contributed by atoms with Crippen molar-refractivity contribution in [1.29, 1.82) is 0 Å². The number of likely N-dealkylation sites (N-methyl/N-ethyl adjacent to an activating group) is 1. The zero-order valence-electron chi connectivity index (χ0n) is 11.4. The van der Waals surface area contributed by atoms with Crippen molar-refractivity contribution in [1.82, 2.24) is 5.32 Å². The Morgan fingerprint density at radius 1 is 1.20 bits per heavy atom. The molecule has 0 spiro atoms. The lowest BCUT2D eigenvalue weighted by atomic mass is 9.95. The third-order valence-electron chi connectivity index (χ3n) is 3.41. The first-order valence-electron chi connectivity index (χ1n) is 6.39. The fourth-order valence-corrected chi connectivity index (χ4v) is 2.72. The standard InChI is InChI=1S/C16H16Cl2FN/c1-10-8-12(19)6-7-13(10)15(20-2)9-11-4-3-5-14(17)16(11)18/h3-8,15,20H,9H2,1-2H3. The summed E-state index contributed by atoms with van der Waals surface area (Å²) in [6.45, 7) is 1.91. The second kappa shape index (κ2) is 6.57. The minimum Gasteiger partial charge on any atom is -0.313 e. The summed E-state index contributed by atoms with van der Waals surface area (Å²) in [4.78, 5) is 0. The lowest BCUT2D eigenvalue weighted by molar-refractivity contribution is 0.582. The van der Waals surface area contributed by atoms with Gasteiger partial charge in [0.2, 0.25) is 0 Å². The van der Waals surface area contributed by atoms with Crippen LogP contribution in [0.1, 0.15) is 22.7 Å². The number of nitrogens with one attached hydrogen (secondary N) is 1. The maximum Gasteiger partial charge on any atom is 0.123 e. The predicted molar refractivity (Wildman–Crippen MR) is 83.1 cm³/mol. The third kappa shape index (κ3) is 3.32. The monoisotopic (exact) mass is 311 g/mol. The summed E-state index contributed by atoms with van der Waals surface area (Å²) in [6.07, 6.45) is 0.697. The quantitative estimate of drug-likeness (QED) is 0.843. The van der Waals surface area contributed by atoms with Gasteiger partial charge in [0.05, 0.1) is 10.0 Å². The van der Waals surface area contributed by atoms with E-state index in [0.717, 1.165) is 16.7 Å². The van der Waals surface area contributed by atoms with Gasteiger partial charge >= 0.3 is 0 Å². The topological polar surface area (TPSA) is 12.0 Å². The smallest absolute Gasteiger partial charge is 0.123 e. The highest BCUT2D eigenvalue weighted by atomic mass is 35.5. The van der Waals surface area contributed by atoms with Crippen LogP contribution in [-0.2, 0) is 6.42 Å². The second-order valence-corrected chi connectivity index (χ2v) is 5.54. The molecule has 0 aliphatic rings. The van der Waals surface area contributed by atoms with Gasteiger partial charge in [-0.3, -0.25) is 0 Å². The molecular weight excluding hydrogens is 296 g/mol. The Bertz CT molecular complexity index is 613. The predicted octanol–water partition coefficient (Wildman–Crippen LogP) is 4.94. The van der Waals surface area contributed by atoms with Crippen molar-refractivity contribution in [2.24, 2.45) is 0 Å². The van der Waals surface area contributed by atoms with E-state index in [0.29, 0.717) is 16.5 Å². The Balaban J connectivity index is 2.31. The molecule has 0 amide bonds. The zero-order valence-corrected chi connectivity index (χ0v) is 12.9. The molecule has 1 N–H and O–H groups in total. The molecule has 0 aromatic heterocycles. The molecule has 1 unspecified atom stereocenters. The molecule has 0 fully saturated rings. The zero-order chi connectivity index (χ0) is 14.7. The summed E-state index contributed by atoms with van der Waals surface area (Å²) in [5.41, 5.74) is 2.95. The van der Waals surface area contributed by atoms with Crippen LogP contribution in [0, 0.1) is 12.7 Å². The molecule has 4 heteroatoms. The van der Waals surface area contributed by atoms with Gasteiger partial charge in [0.1, 0.15) is 5.82 Å². The Hall–Kier alpha value is -1.09. The van der Waals surface area contributed by atoms with Gasteiger partial charge in [0.15, 0.2) is 0 Å². The lowest BCUT2D eigenvalue weighted by Crippen LogP contribution is -2.20. The molecule has 106 valence electrons. The Labute approximate surface area is 128 Å². The average molecular weight is 312 g/mol. The minimum absolute atomic E-state index is 0.0616. The number of benzene rings is 2. The molecule has 0 saturated carbocycles. The molecule has 2 aromatic rings. The van der Waals surface area contributed by atoms with Gasteiger partial charge in [-0.15, -0.1) is 0 Å². The molecular formula is C16H16Cl2FN. The molecule has 0 aliphatic carbocycles. The molecule has 0 aliphatic heterocycles. The number of hydrogen-bond acceptors (Lipinski definition) is 1. The van der Waals surface area contributed by atoms with Gasteiger partial charge in [0, 0.05) is 6.04 Å². The van der Waals surface area contributed by atoms with E-state index in [2.05, 4.69) is 5.32 Å². The van der Waals surface area contributed by atoms with Gasteiger partial charge in [-0.2, -0.15) is 0 Å². The molecule has 1 nitrogen and oxygen atoms in total. The largest absolute Gasteiger partial charge is 0.313 e.